The van der Waals surface area contributed by atoms with Gasteiger partial charge in [-0.3, -0.25) is 4.78 Å². The average molecular weight is 190 g/mol. The first-order valence-corrected chi connectivity index (χ1v) is 6.29. The van der Waals surface area contributed by atoms with Gasteiger partial charge in [-0.05, 0) is 33.0 Å². The van der Waals surface area contributed by atoms with Crippen molar-refractivity contribution in [3.8, 4) is 0 Å². The van der Waals surface area contributed by atoms with Gasteiger partial charge < -0.3 is 4.90 Å². The summed E-state index contributed by atoms with van der Waals surface area (Å²) in [5.74, 6) is 0.515. The highest BCUT2D eigenvalue weighted by molar-refractivity contribution is 7.93. The van der Waals surface area contributed by atoms with Crippen LogP contribution in [-0.2, 0) is 9.73 Å². The van der Waals surface area contributed by atoms with E-state index in [9.17, 15) is 4.21 Å². The Morgan fingerprint density at radius 3 is 2.42 bits per heavy atom. The van der Waals surface area contributed by atoms with E-state index in [-0.39, 0.29) is 5.25 Å². The minimum Gasteiger partial charge on any atom is -0.306 e. The summed E-state index contributed by atoms with van der Waals surface area (Å²) < 4.78 is 19.3. The van der Waals surface area contributed by atoms with Crippen molar-refractivity contribution in [2.24, 2.45) is 0 Å². The van der Waals surface area contributed by atoms with Crippen molar-refractivity contribution in [2.75, 3.05) is 25.9 Å². The number of nitrogens with one attached hydrogen (secondary N) is 1. The van der Waals surface area contributed by atoms with Gasteiger partial charge in [0.2, 0.25) is 0 Å². The van der Waals surface area contributed by atoms with Crippen LogP contribution in [-0.4, -0.2) is 40.2 Å². The number of nitrogens with zero attached hydrogens (tertiary/aromatic N) is 1. The second kappa shape index (κ2) is 3.75. The maximum absolute atomic E-state index is 11.7. The van der Waals surface area contributed by atoms with E-state index in [1.165, 1.54) is 0 Å². The lowest BCUT2D eigenvalue weighted by molar-refractivity contribution is 0.279. The quantitative estimate of drug-likeness (QED) is 0.710. The van der Waals surface area contributed by atoms with Gasteiger partial charge in [0.15, 0.2) is 0 Å². The number of hydrogen-bond acceptors (Lipinski definition) is 3. The van der Waals surface area contributed by atoms with Crippen LogP contribution in [0.3, 0.4) is 0 Å². The maximum Gasteiger partial charge on any atom is 0.0468 e. The Kier molecular flexibility index (Phi) is 3.12. The van der Waals surface area contributed by atoms with Crippen LogP contribution in [0.25, 0.3) is 0 Å². The third kappa shape index (κ3) is 2.20. The predicted octanol–water partition coefficient (Wildman–Crippen LogP) is 1.15. The Labute approximate surface area is 75.1 Å². The molecule has 1 rings (SSSR count). The average Bonchev–Trinajstić information content (AvgIpc) is 2.05. The Bertz CT molecular complexity index is 227. The largest absolute Gasteiger partial charge is 0.306 e. The summed E-state index contributed by atoms with van der Waals surface area (Å²) in [5, 5.41) is 0.152. The van der Waals surface area contributed by atoms with Gasteiger partial charge in [0.05, 0.1) is 0 Å². The third-order valence-corrected chi connectivity index (χ3v) is 5.04. The van der Waals surface area contributed by atoms with E-state index in [4.69, 9.17) is 4.78 Å². The molecule has 1 heterocycles. The van der Waals surface area contributed by atoms with Crippen molar-refractivity contribution in [3.05, 3.63) is 0 Å². The van der Waals surface area contributed by atoms with Crippen molar-refractivity contribution in [1.82, 2.24) is 4.90 Å². The Morgan fingerprint density at radius 2 is 2.00 bits per heavy atom. The maximum atomic E-state index is 11.7. The summed E-state index contributed by atoms with van der Waals surface area (Å²) in [7, 11) is -0.194. The van der Waals surface area contributed by atoms with Gasteiger partial charge in [-0.15, -0.1) is 0 Å². The smallest absolute Gasteiger partial charge is 0.0468 e. The Balaban J connectivity index is 2.56. The van der Waals surface area contributed by atoms with Gasteiger partial charge in [0.25, 0.3) is 0 Å². The second-order valence-corrected chi connectivity index (χ2v) is 6.21. The predicted molar refractivity (Wildman–Crippen MR) is 51.9 cm³/mol. The van der Waals surface area contributed by atoms with Crippen molar-refractivity contribution >= 4 is 9.73 Å². The monoisotopic (exact) mass is 190 g/mol. The van der Waals surface area contributed by atoms with Gasteiger partial charge in [0, 0.05) is 20.7 Å². The molecule has 0 aliphatic carbocycles. The van der Waals surface area contributed by atoms with Crippen LogP contribution in [0.2, 0.25) is 0 Å². The van der Waals surface area contributed by atoms with Gasteiger partial charge >= 0.3 is 0 Å². The highest BCUT2D eigenvalue weighted by Crippen LogP contribution is 2.17. The fourth-order valence-corrected chi connectivity index (χ4v) is 3.05. The molecular weight excluding hydrogens is 172 g/mol. The lowest BCUT2D eigenvalue weighted by Crippen LogP contribution is -2.37. The molecule has 0 aromatic heterocycles. The normalized spacial score (nSPS) is 26.8. The molecule has 0 aromatic rings. The van der Waals surface area contributed by atoms with E-state index in [0.29, 0.717) is 5.75 Å². The first-order valence-electron chi connectivity index (χ1n) is 4.50. The van der Waals surface area contributed by atoms with Gasteiger partial charge in [-0.1, -0.05) is 6.92 Å². The van der Waals surface area contributed by atoms with Crippen molar-refractivity contribution in [1.29, 1.82) is 4.78 Å². The molecule has 1 aliphatic rings. The standard InChI is InChI=1S/C8H18N2OS/c1-3-12(9,11)8-4-6-10(2)7-5-8/h8-9H,3-7H2,1-2H3. The molecule has 0 spiro atoms. The number of piperidine rings is 1. The molecule has 1 fully saturated rings. The summed E-state index contributed by atoms with van der Waals surface area (Å²) >= 11 is 0. The van der Waals surface area contributed by atoms with Gasteiger partial charge in [-0.2, -0.15) is 0 Å². The van der Waals surface area contributed by atoms with E-state index in [1.54, 1.807) is 0 Å². The molecule has 0 saturated carbocycles. The van der Waals surface area contributed by atoms with E-state index < -0.39 is 9.73 Å². The van der Waals surface area contributed by atoms with Crippen LogP contribution in [0.4, 0.5) is 0 Å². The zero-order valence-corrected chi connectivity index (χ0v) is 8.69. The molecule has 0 bridgehead atoms. The molecule has 0 aromatic carbocycles. The van der Waals surface area contributed by atoms with Crippen LogP contribution >= 0.6 is 0 Å². The molecule has 0 amide bonds. The highest BCUT2D eigenvalue weighted by Gasteiger charge is 2.24. The lowest BCUT2D eigenvalue weighted by Gasteiger charge is -2.29. The van der Waals surface area contributed by atoms with Crippen molar-refractivity contribution in [2.45, 2.75) is 25.0 Å². The van der Waals surface area contributed by atoms with Crippen molar-refractivity contribution < 1.29 is 4.21 Å². The minimum absolute atomic E-state index is 0.152. The summed E-state index contributed by atoms with van der Waals surface area (Å²) in [6.07, 6.45) is 1.87. The van der Waals surface area contributed by atoms with E-state index in [2.05, 4.69) is 11.9 Å². The molecule has 1 atom stereocenters. The fraction of sp³-hybridized carbons (Fsp3) is 1.00. The second-order valence-electron chi connectivity index (χ2n) is 3.52. The summed E-state index contributed by atoms with van der Waals surface area (Å²) in [6, 6.07) is 0. The minimum atomic E-state index is -2.27. The summed E-state index contributed by atoms with van der Waals surface area (Å²) in [6.45, 7) is 3.86. The molecule has 12 heavy (non-hydrogen) atoms. The van der Waals surface area contributed by atoms with E-state index in [1.807, 2.05) is 6.92 Å². The highest BCUT2D eigenvalue weighted by atomic mass is 32.2. The SMILES string of the molecule is CCS(=N)(=O)C1CCN(C)CC1. The molecule has 1 unspecified atom stereocenters. The first-order chi connectivity index (χ1) is 5.56. The number of likely N-dealkylation sites (tertiary alicyclic amines) is 1. The lowest BCUT2D eigenvalue weighted by atomic mass is 10.1. The van der Waals surface area contributed by atoms with Crippen LogP contribution in [0.15, 0.2) is 0 Å². The Morgan fingerprint density at radius 1 is 1.50 bits per heavy atom. The number of rotatable bonds is 2. The summed E-state index contributed by atoms with van der Waals surface area (Å²) in [5.41, 5.74) is 0. The van der Waals surface area contributed by atoms with E-state index in [0.717, 1.165) is 25.9 Å². The van der Waals surface area contributed by atoms with Gasteiger partial charge in [-0.25, -0.2) is 4.21 Å². The van der Waals surface area contributed by atoms with Crippen LogP contribution in [0.1, 0.15) is 19.8 Å². The van der Waals surface area contributed by atoms with Crippen LogP contribution in [0, 0.1) is 4.78 Å². The summed E-state index contributed by atoms with van der Waals surface area (Å²) in [4.78, 5) is 2.24. The van der Waals surface area contributed by atoms with Crippen LogP contribution < -0.4 is 0 Å². The first kappa shape index (κ1) is 9.99. The topological polar surface area (TPSA) is 44.2 Å². The molecule has 0 radical (unpaired) electrons. The molecule has 3 nitrogen and oxygen atoms in total. The van der Waals surface area contributed by atoms with Crippen LogP contribution in [0.5, 0.6) is 0 Å². The number of hydrogen-bond donors (Lipinski definition) is 1. The third-order valence-electron chi connectivity index (χ3n) is 2.63. The molecule has 4 heteroatoms. The Hall–Kier alpha value is -0.0900. The molecule has 1 saturated heterocycles. The molecular formula is C8H18N2OS. The van der Waals surface area contributed by atoms with Gasteiger partial charge in [0.1, 0.15) is 0 Å². The zero-order chi connectivity index (χ0) is 9.19. The fourth-order valence-electron chi connectivity index (χ4n) is 1.60. The molecule has 1 aliphatic heterocycles. The van der Waals surface area contributed by atoms with E-state index >= 15 is 0 Å². The van der Waals surface area contributed by atoms with Crippen molar-refractivity contribution in [3.63, 3.8) is 0 Å². The molecule has 72 valence electrons. The zero-order valence-electron chi connectivity index (χ0n) is 7.88. The molecule has 1 N–H and O–H groups in total.